The van der Waals surface area contributed by atoms with Gasteiger partial charge in [-0.2, -0.15) is 0 Å². The lowest BCUT2D eigenvalue weighted by Gasteiger charge is -2.32. The van der Waals surface area contributed by atoms with Gasteiger partial charge in [0.25, 0.3) is 0 Å². The average molecular weight is 394 g/mol. The van der Waals surface area contributed by atoms with E-state index in [-0.39, 0.29) is 36.1 Å². The van der Waals surface area contributed by atoms with Gasteiger partial charge in [-0.3, -0.25) is 14.5 Å². The molecule has 2 amide bonds. The van der Waals surface area contributed by atoms with Crippen LogP contribution in [0.25, 0.3) is 0 Å². The van der Waals surface area contributed by atoms with Crippen LogP contribution in [-0.4, -0.2) is 72.0 Å². The predicted molar refractivity (Wildman–Crippen MR) is 106 cm³/mol. The molecule has 0 aliphatic carbocycles. The molecule has 2 heterocycles. The first-order valence-corrected chi connectivity index (χ1v) is 10.6. The van der Waals surface area contributed by atoms with E-state index < -0.39 is 0 Å². The molecule has 7 heteroatoms. The zero-order valence-electron chi connectivity index (χ0n) is 16.1. The lowest BCUT2D eigenvalue weighted by molar-refractivity contribution is -0.136. The number of nitrogens with zero attached hydrogens (tertiary/aromatic N) is 3. The van der Waals surface area contributed by atoms with E-state index in [4.69, 9.17) is 0 Å². The van der Waals surface area contributed by atoms with Gasteiger partial charge in [0, 0.05) is 25.4 Å². The van der Waals surface area contributed by atoms with Crippen LogP contribution in [-0.2, 0) is 9.59 Å². The molecule has 2 aliphatic rings. The zero-order chi connectivity index (χ0) is 19.4. The maximum Gasteiger partial charge on any atom is 0.237 e. The highest BCUT2D eigenvalue weighted by atomic mass is 32.2. The first-order valence-electron chi connectivity index (χ1n) is 9.57. The molecule has 0 unspecified atom stereocenters. The maximum atomic E-state index is 13.2. The minimum absolute atomic E-state index is 0.0110. The Labute approximate surface area is 164 Å². The Morgan fingerprint density at radius 3 is 2.41 bits per heavy atom. The van der Waals surface area contributed by atoms with Crippen LogP contribution in [0, 0.1) is 11.7 Å². The Morgan fingerprint density at radius 1 is 1.11 bits per heavy atom. The summed E-state index contributed by atoms with van der Waals surface area (Å²) >= 11 is 1.69. The van der Waals surface area contributed by atoms with Crippen LogP contribution in [0.1, 0.15) is 30.7 Å². The zero-order valence-corrected chi connectivity index (χ0v) is 16.9. The first-order chi connectivity index (χ1) is 12.9. The highest BCUT2D eigenvalue weighted by molar-refractivity contribution is 7.99. The molecular formula is C20H28FN3O2S. The van der Waals surface area contributed by atoms with E-state index in [1.165, 1.54) is 12.1 Å². The van der Waals surface area contributed by atoms with Crippen LogP contribution in [0.3, 0.4) is 0 Å². The lowest BCUT2D eigenvalue weighted by atomic mass is 9.99. The van der Waals surface area contributed by atoms with Gasteiger partial charge >= 0.3 is 0 Å². The Morgan fingerprint density at radius 2 is 1.74 bits per heavy atom. The number of likely N-dealkylation sites (N-methyl/N-ethyl adjacent to an activating group) is 1. The monoisotopic (exact) mass is 393 g/mol. The molecule has 1 atom stereocenters. The smallest absolute Gasteiger partial charge is 0.237 e. The van der Waals surface area contributed by atoms with Gasteiger partial charge in [0.1, 0.15) is 11.2 Å². The van der Waals surface area contributed by atoms with E-state index in [0.717, 1.165) is 37.2 Å². The molecule has 0 aromatic heterocycles. The largest absolute Gasteiger partial charge is 0.342 e. The van der Waals surface area contributed by atoms with Crippen LogP contribution in [0.2, 0.25) is 0 Å². The van der Waals surface area contributed by atoms with E-state index in [1.54, 1.807) is 28.8 Å². The number of hydrogen-bond acceptors (Lipinski definition) is 4. The summed E-state index contributed by atoms with van der Waals surface area (Å²) in [6.45, 7) is 5.01. The fraction of sp³-hybridized carbons (Fsp3) is 0.600. The Balaban J connectivity index is 1.52. The molecule has 0 spiro atoms. The normalized spacial score (nSPS) is 21.1. The van der Waals surface area contributed by atoms with Gasteiger partial charge in [-0.1, -0.05) is 19.1 Å². The molecule has 2 fully saturated rings. The van der Waals surface area contributed by atoms with Crippen molar-refractivity contribution in [3.63, 3.8) is 0 Å². The number of carbonyl (C=O) groups is 2. The summed E-state index contributed by atoms with van der Waals surface area (Å²) in [4.78, 5) is 30.8. The summed E-state index contributed by atoms with van der Waals surface area (Å²) in [7, 11) is 1.82. The second kappa shape index (κ2) is 9.06. The number of carbonyl (C=O) groups excluding carboxylic acids is 2. The van der Waals surface area contributed by atoms with Crippen LogP contribution in [0.4, 0.5) is 4.39 Å². The molecule has 0 N–H and O–H groups in total. The number of amides is 2. The Bertz CT molecular complexity index is 662. The minimum atomic E-state index is -0.273. The van der Waals surface area contributed by atoms with Gasteiger partial charge < -0.3 is 9.80 Å². The van der Waals surface area contributed by atoms with Gasteiger partial charge in [0.15, 0.2) is 0 Å². The van der Waals surface area contributed by atoms with Crippen LogP contribution >= 0.6 is 11.8 Å². The van der Waals surface area contributed by atoms with Gasteiger partial charge in [-0.15, -0.1) is 11.8 Å². The second-order valence-corrected chi connectivity index (χ2v) is 8.79. The number of rotatable bonds is 5. The van der Waals surface area contributed by atoms with Crippen molar-refractivity contribution < 1.29 is 14.0 Å². The van der Waals surface area contributed by atoms with Crippen molar-refractivity contribution in [2.24, 2.45) is 5.92 Å². The number of likely N-dealkylation sites (tertiary alicyclic amines) is 1. The van der Waals surface area contributed by atoms with Crippen LogP contribution in [0.5, 0.6) is 0 Å². The number of piperidine rings is 1. The summed E-state index contributed by atoms with van der Waals surface area (Å²) in [5.41, 5.74) is 0.938. The number of benzene rings is 1. The summed E-state index contributed by atoms with van der Waals surface area (Å²) in [5, 5.41) is -0.0780. The summed E-state index contributed by atoms with van der Waals surface area (Å²) in [5.74, 6) is 1.39. The number of halogens is 1. The van der Waals surface area contributed by atoms with Crippen molar-refractivity contribution in [3.8, 4) is 0 Å². The third-order valence-corrected chi connectivity index (χ3v) is 6.57. The molecule has 5 nitrogen and oxygen atoms in total. The van der Waals surface area contributed by atoms with E-state index in [0.29, 0.717) is 12.5 Å². The van der Waals surface area contributed by atoms with Crippen molar-refractivity contribution >= 4 is 23.6 Å². The molecule has 148 valence electrons. The van der Waals surface area contributed by atoms with Gasteiger partial charge in [-0.25, -0.2) is 4.39 Å². The van der Waals surface area contributed by atoms with E-state index >= 15 is 0 Å². The van der Waals surface area contributed by atoms with Crippen molar-refractivity contribution in [3.05, 3.63) is 35.6 Å². The quantitative estimate of drug-likeness (QED) is 0.771. The van der Waals surface area contributed by atoms with Crippen LogP contribution in [0.15, 0.2) is 24.3 Å². The Hall–Kier alpha value is -1.60. The minimum Gasteiger partial charge on any atom is -0.342 e. The molecule has 2 saturated heterocycles. The topological polar surface area (TPSA) is 43.9 Å². The van der Waals surface area contributed by atoms with Crippen molar-refractivity contribution in [2.75, 3.05) is 45.5 Å². The molecule has 27 heavy (non-hydrogen) atoms. The van der Waals surface area contributed by atoms with Gasteiger partial charge in [-0.05, 0) is 43.5 Å². The SMILES string of the molecule is CC1CCN(C(=O)CN(C)CC(=O)N2CCS[C@@H]2c2ccc(F)cc2)CC1. The number of hydrogen-bond donors (Lipinski definition) is 0. The van der Waals surface area contributed by atoms with E-state index in [2.05, 4.69) is 6.92 Å². The second-order valence-electron chi connectivity index (χ2n) is 7.60. The predicted octanol–water partition coefficient (Wildman–Crippen LogP) is 2.59. The first kappa shape index (κ1) is 20.1. The third kappa shape index (κ3) is 5.23. The highest BCUT2D eigenvalue weighted by Gasteiger charge is 2.31. The molecule has 0 saturated carbocycles. The van der Waals surface area contributed by atoms with Crippen molar-refractivity contribution in [1.29, 1.82) is 0 Å². The van der Waals surface area contributed by atoms with Gasteiger partial charge in [0.05, 0.1) is 13.1 Å². The molecule has 1 aromatic carbocycles. The lowest BCUT2D eigenvalue weighted by Crippen LogP contribution is -2.45. The molecule has 0 bridgehead atoms. The van der Waals surface area contributed by atoms with Crippen molar-refractivity contribution in [2.45, 2.75) is 25.1 Å². The Kier molecular flexibility index (Phi) is 6.76. The molecule has 2 aliphatic heterocycles. The molecular weight excluding hydrogens is 365 g/mol. The fourth-order valence-corrected chi connectivity index (χ4v) is 4.87. The maximum absolute atomic E-state index is 13.2. The third-order valence-electron chi connectivity index (χ3n) is 5.31. The summed E-state index contributed by atoms with van der Waals surface area (Å²) < 4.78 is 13.2. The standard InChI is InChI=1S/C20H28FN3O2S/c1-15-7-9-23(10-8-15)18(25)13-22(2)14-19(26)24-11-12-27-20(24)16-3-5-17(21)6-4-16/h3-6,15,20H,7-14H2,1-2H3/t20-/m1/s1. The average Bonchev–Trinajstić information content (AvgIpc) is 3.12. The summed E-state index contributed by atoms with van der Waals surface area (Å²) in [6.07, 6.45) is 2.11. The van der Waals surface area contributed by atoms with Crippen LogP contribution < -0.4 is 0 Å². The number of thioether (sulfide) groups is 1. The van der Waals surface area contributed by atoms with Gasteiger partial charge in [0.2, 0.25) is 11.8 Å². The molecule has 1 aromatic rings. The van der Waals surface area contributed by atoms with E-state index in [9.17, 15) is 14.0 Å². The molecule has 0 radical (unpaired) electrons. The van der Waals surface area contributed by atoms with Crippen molar-refractivity contribution in [1.82, 2.24) is 14.7 Å². The highest BCUT2D eigenvalue weighted by Crippen LogP contribution is 2.37. The summed E-state index contributed by atoms with van der Waals surface area (Å²) in [6, 6.07) is 6.34. The molecule has 3 rings (SSSR count). The fourth-order valence-electron chi connectivity index (χ4n) is 3.60. The van der Waals surface area contributed by atoms with E-state index in [1.807, 2.05) is 16.8 Å².